The highest BCUT2D eigenvalue weighted by Gasteiger charge is 2.08. The molecule has 1 aromatic carbocycles. The predicted molar refractivity (Wildman–Crippen MR) is 89.7 cm³/mol. The molecule has 0 bridgehead atoms. The van der Waals surface area contributed by atoms with E-state index >= 15 is 0 Å². The first-order chi connectivity index (χ1) is 11.1. The zero-order valence-corrected chi connectivity index (χ0v) is 14.8. The second-order valence-electron chi connectivity index (χ2n) is 4.72. The summed E-state index contributed by atoms with van der Waals surface area (Å²) in [5.41, 5.74) is 0.470. The summed E-state index contributed by atoms with van der Waals surface area (Å²) in [6, 6.07) is 6.91. The molecule has 124 valence electrons. The number of esters is 1. The molecule has 0 radical (unpaired) electrons. The Hall–Kier alpha value is -1.80. The second-order valence-corrected chi connectivity index (χ2v) is 7.00. The van der Waals surface area contributed by atoms with Gasteiger partial charge in [-0.1, -0.05) is 22.9 Å². The third-order valence-corrected chi connectivity index (χ3v) is 4.47. The highest BCUT2D eigenvalue weighted by molar-refractivity contribution is 8.01. The molecule has 1 aromatic heterocycles. The van der Waals surface area contributed by atoms with Crippen LogP contribution in [0.1, 0.15) is 24.2 Å². The number of carbonyl (C=O) groups excluding carboxylic acids is 1. The quantitative estimate of drug-likeness (QED) is 0.409. The number of carbonyl (C=O) groups is 1. The first-order valence-electron chi connectivity index (χ1n) is 7.02. The Morgan fingerprint density at radius 2 is 2.17 bits per heavy atom. The molecule has 0 fully saturated rings. The molecule has 0 N–H and O–H groups in total. The lowest BCUT2D eigenvalue weighted by Crippen LogP contribution is -2.04. The van der Waals surface area contributed by atoms with Gasteiger partial charge in [0.1, 0.15) is 5.75 Å². The van der Waals surface area contributed by atoms with Crippen LogP contribution >= 0.6 is 23.1 Å². The molecule has 0 aliphatic rings. The lowest BCUT2D eigenvalue weighted by molar-refractivity contribution is 0.0600. The topological polar surface area (TPSA) is 70.5 Å². The monoisotopic (exact) mass is 354 g/mol. The molecule has 1 heterocycles. The Labute approximate surface area is 143 Å². The molecule has 0 amide bonds. The summed E-state index contributed by atoms with van der Waals surface area (Å²) in [5, 5.41) is 8.60. The second kappa shape index (κ2) is 8.73. The van der Waals surface area contributed by atoms with Crippen LogP contribution in [0.4, 0.5) is 0 Å². The fraction of sp³-hybridized carbons (Fsp3) is 0.400. The SMILES string of the molecule is COC(=O)c1cccc(OCCSc2nnc(OC(C)C)s2)c1. The molecule has 0 aliphatic carbocycles. The molecule has 2 rings (SSSR count). The van der Waals surface area contributed by atoms with Gasteiger partial charge in [-0.05, 0) is 43.4 Å². The number of nitrogens with zero attached hydrogens (tertiary/aromatic N) is 2. The van der Waals surface area contributed by atoms with E-state index in [4.69, 9.17) is 9.47 Å². The van der Waals surface area contributed by atoms with Crippen molar-refractivity contribution in [2.24, 2.45) is 0 Å². The Kier molecular flexibility index (Phi) is 6.66. The molecule has 8 heteroatoms. The van der Waals surface area contributed by atoms with Crippen molar-refractivity contribution < 1.29 is 19.0 Å². The summed E-state index contributed by atoms with van der Waals surface area (Å²) in [6.45, 7) is 4.39. The number of methoxy groups -OCH3 is 1. The maximum atomic E-state index is 11.5. The lowest BCUT2D eigenvalue weighted by atomic mass is 10.2. The zero-order valence-electron chi connectivity index (χ0n) is 13.1. The van der Waals surface area contributed by atoms with Gasteiger partial charge in [-0.2, -0.15) is 0 Å². The van der Waals surface area contributed by atoms with Gasteiger partial charge in [0, 0.05) is 5.75 Å². The molecule has 6 nitrogen and oxygen atoms in total. The average Bonchev–Trinajstić information content (AvgIpc) is 2.97. The molecule has 0 unspecified atom stereocenters. The van der Waals surface area contributed by atoms with E-state index in [0.717, 1.165) is 10.1 Å². The van der Waals surface area contributed by atoms with Gasteiger partial charge in [0.2, 0.25) is 0 Å². The van der Waals surface area contributed by atoms with Crippen LogP contribution in [-0.4, -0.2) is 41.7 Å². The normalized spacial score (nSPS) is 10.6. The van der Waals surface area contributed by atoms with Crippen molar-refractivity contribution in [2.45, 2.75) is 24.3 Å². The third kappa shape index (κ3) is 5.72. The van der Waals surface area contributed by atoms with E-state index in [-0.39, 0.29) is 12.1 Å². The van der Waals surface area contributed by atoms with Gasteiger partial charge in [0.15, 0.2) is 4.34 Å². The largest absolute Gasteiger partial charge is 0.493 e. The van der Waals surface area contributed by atoms with E-state index in [1.165, 1.54) is 18.4 Å². The molecule has 23 heavy (non-hydrogen) atoms. The molecular formula is C15H18N2O4S2. The van der Waals surface area contributed by atoms with Crippen molar-refractivity contribution >= 4 is 29.1 Å². The third-order valence-electron chi connectivity index (χ3n) is 2.56. The summed E-state index contributed by atoms with van der Waals surface area (Å²) in [7, 11) is 1.35. The van der Waals surface area contributed by atoms with Crippen LogP contribution in [0.25, 0.3) is 0 Å². The summed E-state index contributed by atoms with van der Waals surface area (Å²) in [6.07, 6.45) is 0.0891. The Bertz CT molecular complexity index is 646. The van der Waals surface area contributed by atoms with E-state index in [1.54, 1.807) is 36.0 Å². The zero-order chi connectivity index (χ0) is 16.7. The number of thioether (sulfide) groups is 1. The van der Waals surface area contributed by atoms with Crippen LogP contribution in [0, 0.1) is 0 Å². The van der Waals surface area contributed by atoms with Crippen LogP contribution in [0.3, 0.4) is 0 Å². The molecule has 2 aromatic rings. The van der Waals surface area contributed by atoms with Crippen molar-refractivity contribution in [1.29, 1.82) is 0 Å². The maximum absolute atomic E-state index is 11.5. The summed E-state index contributed by atoms with van der Waals surface area (Å²) in [5.74, 6) is 0.977. The predicted octanol–water partition coefficient (Wildman–Crippen LogP) is 3.28. The van der Waals surface area contributed by atoms with Crippen LogP contribution in [-0.2, 0) is 4.74 Å². The highest BCUT2D eigenvalue weighted by atomic mass is 32.2. The molecule has 0 saturated heterocycles. The number of aromatic nitrogens is 2. The summed E-state index contributed by atoms with van der Waals surface area (Å²) < 4.78 is 16.6. The van der Waals surface area contributed by atoms with Gasteiger partial charge in [0.05, 0.1) is 25.4 Å². The average molecular weight is 354 g/mol. The minimum atomic E-state index is -0.378. The van der Waals surface area contributed by atoms with Gasteiger partial charge in [-0.25, -0.2) is 4.79 Å². The Morgan fingerprint density at radius 3 is 2.91 bits per heavy atom. The van der Waals surface area contributed by atoms with Crippen molar-refractivity contribution in [2.75, 3.05) is 19.5 Å². The van der Waals surface area contributed by atoms with Crippen LogP contribution in [0.2, 0.25) is 0 Å². The molecule has 0 aliphatic heterocycles. The Balaban J connectivity index is 1.77. The van der Waals surface area contributed by atoms with Crippen molar-refractivity contribution in [3.8, 4) is 10.9 Å². The Morgan fingerprint density at radius 1 is 1.35 bits per heavy atom. The van der Waals surface area contributed by atoms with Crippen molar-refractivity contribution in [1.82, 2.24) is 10.2 Å². The van der Waals surface area contributed by atoms with E-state index < -0.39 is 0 Å². The highest BCUT2D eigenvalue weighted by Crippen LogP contribution is 2.27. The van der Waals surface area contributed by atoms with Gasteiger partial charge < -0.3 is 14.2 Å². The molecule has 0 spiro atoms. The van der Waals surface area contributed by atoms with Crippen molar-refractivity contribution in [3.63, 3.8) is 0 Å². The number of hydrogen-bond donors (Lipinski definition) is 0. The maximum Gasteiger partial charge on any atom is 0.337 e. The van der Waals surface area contributed by atoms with Crippen molar-refractivity contribution in [3.05, 3.63) is 29.8 Å². The van der Waals surface area contributed by atoms with E-state index in [0.29, 0.717) is 23.1 Å². The van der Waals surface area contributed by atoms with E-state index in [9.17, 15) is 4.79 Å². The van der Waals surface area contributed by atoms with E-state index in [2.05, 4.69) is 14.9 Å². The minimum Gasteiger partial charge on any atom is -0.493 e. The van der Waals surface area contributed by atoms with Gasteiger partial charge >= 0.3 is 5.97 Å². The summed E-state index contributed by atoms with van der Waals surface area (Å²) in [4.78, 5) is 11.5. The number of benzene rings is 1. The minimum absolute atomic E-state index is 0.0891. The first-order valence-corrected chi connectivity index (χ1v) is 8.83. The van der Waals surface area contributed by atoms with E-state index in [1.807, 2.05) is 13.8 Å². The lowest BCUT2D eigenvalue weighted by Gasteiger charge is -2.06. The fourth-order valence-corrected chi connectivity index (χ4v) is 3.32. The van der Waals surface area contributed by atoms with Crippen LogP contribution < -0.4 is 9.47 Å². The number of hydrogen-bond acceptors (Lipinski definition) is 8. The molecule has 0 atom stereocenters. The molecule has 0 saturated carbocycles. The van der Waals surface area contributed by atoms with Crippen LogP contribution in [0.5, 0.6) is 10.9 Å². The first kappa shape index (κ1) is 17.6. The summed E-state index contributed by atoms with van der Waals surface area (Å²) >= 11 is 2.97. The molecular weight excluding hydrogens is 336 g/mol. The standard InChI is InChI=1S/C15H18N2O4S2/c1-10(2)21-14-16-17-15(23-14)22-8-7-20-12-6-4-5-11(9-12)13(18)19-3/h4-6,9-10H,7-8H2,1-3H3. The van der Waals surface area contributed by atoms with Gasteiger partial charge in [-0.3, -0.25) is 0 Å². The number of rotatable bonds is 8. The van der Waals surface area contributed by atoms with Gasteiger partial charge in [0.25, 0.3) is 5.19 Å². The van der Waals surface area contributed by atoms with Crippen LogP contribution in [0.15, 0.2) is 28.6 Å². The van der Waals surface area contributed by atoms with Gasteiger partial charge in [-0.15, -0.1) is 5.10 Å². The fourth-order valence-electron chi connectivity index (χ4n) is 1.62. The number of ether oxygens (including phenoxy) is 3. The smallest absolute Gasteiger partial charge is 0.337 e.